The molecule has 1 saturated heterocycles. The zero-order valence-electron chi connectivity index (χ0n) is 33.5. The molecule has 2 aromatic rings. The van der Waals surface area contributed by atoms with Crippen LogP contribution in [-0.2, 0) is 40.1 Å². The van der Waals surface area contributed by atoms with E-state index in [1.807, 2.05) is 33.9 Å². The first kappa shape index (κ1) is 41.8. The fourth-order valence-corrected chi connectivity index (χ4v) is 12.5. The Morgan fingerprint density at radius 1 is 1.07 bits per heavy atom. The number of anilines is 1. The summed E-state index contributed by atoms with van der Waals surface area (Å²) >= 11 is 0. The molecule has 0 unspecified atom stereocenters. The van der Waals surface area contributed by atoms with Crippen LogP contribution in [0.25, 0.3) is 0 Å². The minimum Gasteiger partial charge on any atom is -0.504 e. The van der Waals surface area contributed by atoms with Crippen LogP contribution < -0.4 is 21.5 Å². The van der Waals surface area contributed by atoms with E-state index in [9.17, 15) is 19.8 Å². The van der Waals surface area contributed by atoms with Gasteiger partial charge < -0.3 is 41.4 Å². The van der Waals surface area contributed by atoms with E-state index in [-0.39, 0.29) is 30.3 Å². The SMILES string of the molecule is CC(=O)O[C@@H]1CCc2cc(c(O)c3c2CC[C@H]2CCC[C@@H]2O3)CN2C[C@](Cc3ccnc(N)c3)(CCNC(N)=NCSSC3CCC(CC3)CC[C@H](O)C1)CC2=O. The van der Waals surface area contributed by atoms with Crippen molar-refractivity contribution in [1.29, 1.82) is 0 Å². The number of aliphatic imine (C=N–C) groups is 1. The van der Waals surface area contributed by atoms with E-state index in [0.717, 1.165) is 80.9 Å². The van der Waals surface area contributed by atoms with Crippen LogP contribution in [0.1, 0.15) is 119 Å². The molecule has 4 aliphatic heterocycles. The van der Waals surface area contributed by atoms with Crippen LogP contribution in [0, 0.1) is 17.3 Å². The summed E-state index contributed by atoms with van der Waals surface area (Å²) in [6, 6.07) is 5.88. The van der Waals surface area contributed by atoms with Crippen LogP contribution in [0.4, 0.5) is 5.82 Å². The Balaban J connectivity index is 1.18. The number of phenols is 1. The summed E-state index contributed by atoms with van der Waals surface area (Å²) in [7, 11) is 3.63. The highest BCUT2D eigenvalue weighted by molar-refractivity contribution is 8.76. The molecule has 2 aliphatic carbocycles. The first-order chi connectivity index (χ1) is 27.5. The highest BCUT2D eigenvalue weighted by Gasteiger charge is 2.43. The van der Waals surface area contributed by atoms with E-state index < -0.39 is 17.6 Å². The number of aromatic nitrogens is 1. The summed E-state index contributed by atoms with van der Waals surface area (Å²) in [6.07, 6.45) is 15.2. The summed E-state index contributed by atoms with van der Waals surface area (Å²) in [5.74, 6) is 2.77. The van der Waals surface area contributed by atoms with Gasteiger partial charge in [0.1, 0.15) is 18.0 Å². The van der Waals surface area contributed by atoms with Crippen molar-refractivity contribution in [2.75, 3.05) is 24.7 Å². The van der Waals surface area contributed by atoms with Crippen LogP contribution in [-0.4, -0.2) is 80.5 Å². The molecule has 1 aromatic carbocycles. The molecule has 0 radical (unpaired) electrons. The Kier molecular flexibility index (Phi) is 14.0. The zero-order chi connectivity index (χ0) is 39.9. The summed E-state index contributed by atoms with van der Waals surface area (Å²) in [4.78, 5) is 37.0. The van der Waals surface area contributed by atoms with Gasteiger partial charge in [-0.25, -0.2) is 9.98 Å². The quantitative estimate of drug-likeness (QED) is 0.169. The van der Waals surface area contributed by atoms with Gasteiger partial charge in [-0.2, -0.15) is 0 Å². The van der Waals surface area contributed by atoms with E-state index in [0.29, 0.717) is 104 Å². The molecule has 1 amide bonds. The predicted octanol–water partition coefficient (Wildman–Crippen LogP) is 6.43. The van der Waals surface area contributed by atoms with Crippen molar-refractivity contribution < 1.29 is 29.3 Å². The lowest BCUT2D eigenvalue weighted by molar-refractivity contribution is -0.148. The minimum atomic E-state index is -0.562. The third-order valence-corrected chi connectivity index (χ3v) is 15.8. The van der Waals surface area contributed by atoms with E-state index in [2.05, 4.69) is 15.3 Å². The molecule has 0 spiro atoms. The van der Waals surface area contributed by atoms with Crippen LogP contribution >= 0.6 is 21.6 Å². The van der Waals surface area contributed by atoms with Crippen molar-refractivity contribution in [3.63, 3.8) is 0 Å². The van der Waals surface area contributed by atoms with Gasteiger partial charge in [0.2, 0.25) is 5.91 Å². The second-order valence-corrected chi connectivity index (χ2v) is 20.0. The van der Waals surface area contributed by atoms with Crippen LogP contribution in [0.15, 0.2) is 29.4 Å². The lowest BCUT2D eigenvalue weighted by atomic mass is 9.78. The number of phenolic OH excluding ortho intramolecular Hbond substituents is 1. The second kappa shape index (κ2) is 19.1. The number of esters is 1. The lowest BCUT2D eigenvalue weighted by Crippen LogP contribution is -2.37. The largest absolute Gasteiger partial charge is 0.504 e. The number of pyridine rings is 1. The number of carbonyl (C=O) groups is 2. The van der Waals surface area contributed by atoms with Crippen LogP contribution in [0.2, 0.25) is 0 Å². The predicted molar refractivity (Wildman–Crippen MR) is 227 cm³/mol. The number of nitrogens with one attached hydrogen (secondary N) is 1. The maximum Gasteiger partial charge on any atom is 0.302 e. The first-order valence-corrected chi connectivity index (χ1v) is 23.6. The maximum atomic E-state index is 14.0. The fourth-order valence-electron chi connectivity index (χ4n) is 10.1. The lowest BCUT2D eigenvalue weighted by Gasteiger charge is -2.30. The molecule has 8 rings (SSSR count). The van der Waals surface area contributed by atoms with Gasteiger partial charge in [-0.05, 0) is 137 Å². The number of hydrogen-bond donors (Lipinski definition) is 5. The molecule has 3 fully saturated rings. The molecule has 6 bridgehead atoms. The average molecular weight is 823 g/mol. The van der Waals surface area contributed by atoms with Gasteiger partial charge in [-0.1, -0.05) is 21.6 Å². The monoisotopic (exact) mass is 822 g/mol. The van der Waals surface area contributed by atoms with Gasteiger partial charge in [0.25, 0.3) is 0 Å². The number of nitrogen functional groups attached to an aromatic ring is 1. The molecule has 5 atom stereocenters. The Hall–Kier alpha value is -3.36. The Morgan fingerprint density at radius 3 is 2.70 bits per heavy atom. The van der Waals surface area contributed by atoms with Gasteiger partial charge in [0.15, 0.2) is 17.5 Å². The molecule has 12 nitrogen and oxygen atoms in total. The Morgan fingerprint density at radius 2 is 1.89 bits per heavy atom. The number of aliphatic hydroxyl groups excluding tert-OH is 1. The number of benzene rings is 1. The number of nitrogens with zero attached hydrogens (tertiary/aromatic N) is 3. The molecular weight excluding hydrogens is 761 g/mol. The van der Waals surface area contributed by atoms with E-state index in [4.69, 9.17) is 20.9 Å². The molecule has 2 saturated carbocycles. The minimum absolute atomic E-state index is 0.0233. The number of fused-ring (bicyclic) bond motifs is 16. The average Bonchev–Trinajstić information content (AvgIpc) is 3.69. The molecule has 7 N–H and O–H groups in total. The highest BCUT2D eigenvalue weighted by atomic mass is 33.1. The Bertz CT molecular complexity index is 1760. The number of guanidine groups is 1. The van der Waals surface area contributed by atoms with E-state index in [1.54, 1.807) is 17.0 Å². The number of carbonyl (C=O) groups excluding carboxylic acids is 2. The first-order valence-electron chi connectivity index (χ1n) is 21.2. The molecule has 1 aromatic heterocycles. The highest BCUT2D eigenvalue weighted by Crippen LogP contribution is 2.47. The third-order valence-electron chi connectivity index (χ3n) is 13.1. The maximum absolute atomic E-state index is 14.0. The van der Waals surface area contributed by atoms with Gasteiger partial charge in [-0.15, -0.1) is 0 Å². The van der Waals surface area contributed by atoms with Crippen molar-refractivity contribution in [3.05, 3.63) is 46.6 Å². The molecule has 14 heteroatoms. The van der Waals surface area contributed by atoms with E-state index in [1.165, 1.54) is 6.92 Å². The number of aryl methyl sites for hydroxylation is 1. The standard InChI is InChI=1S/C43H62N6O6S2/c1-27(50)54-34-11-8-31-20-32(40(53)41-36(31)14-9-30-3-2-4-37(30)55-41)24-49-25-43(23-39(49)52,22-29-15-17-46-38(44)19-29)16-18-47-42(45)48-26-56-57-35-12-6-28(7-13-35)5-10-33(51)21-34/h15,17,19-20,28,30,33-35,37,51,53H,2-14,16,18,21-26H2,1H3,(H2,44,46)(H3,45,47,48)/t28?,30-,33+,34-,35?,37+,43+/m1/s1. The molecule has 5 heterocycles. The zero-order valence-corrected chi connectivity index (χ0v) is 35.1. The van der Waals surface area contributed by atoms with Crippen LogP contribution in [0.5, 0.6) is 11.5 Å². The summed E-state index contributed by atoms with van der Waals surface area (Å²) in [6.45, 7) is 2.72. The molecular formula is C43H62N6O6S2. The summed E-state index contributed by atoms with van der Waals surface area (Å²) in [5.41, 5.74) is 15.8. The molecule has 312 valence electrons. The fraction of sp³-hybridized carbons (Fsp3) is 0.674. The normalized spacial score (nSPS) is 30.6. The number of rotatable bonds is 3. The van der Waals surface area contributed by atoms with Crippen molar-refractivity contribution in [2.24, 2.45) is 28.0 Å². The molecule has 6 aliphatic rings. The smallest absolute Gasteiger partial charge is 0.302 e. The molecule has 57 heavy (non-hydrogen) atoms. The number of aromatic hydroxyl groups is 1. The van der Waals surface area contributed by atoms with E-state index >= 15 is 0 Å². The Labute approximate surface area is 345 Å². The van der Waals surface area contributed by atoms with Crippen molar-refractivity contribution in [2.45, 2.75) is 146 Å². The summed E-state index contributed by atoms with van der Waals surface area (Å²) in [5, 5.41) is 27.1. The number of amides is 1. The number of ether oxygens (including phenoxy) is 2. The third kappa shape index (κ3) is 11.0. The van der Waals surface area contributed by atoms with Gasteiger partial charge in [0.05, 0.1) is 12.0 Å². The summed E-state index contributed by atoms with van der Waals surface area (Å²) < 4.78 is 12.6. The van der Waals surface area contributed by atoms with Gasteiger partial charge >= 0.3 is 5.97 Å². The number of nitrogens with two attached hydrogens (primary N) is 2. The van der Waals surface area contributed by atoms with Gasteiger partial charge in [-0.3, -0.25) is 9.59 Å². The second-order valence-electron chi connectivity index (χ2n) is 17.4. The number of aliphatic hydroxyl groups is 1. The van der Waals surface area contributed by atoms with Crippen molar-refractivity contribution >= 4 is 45.2 Å². The van der Waals surface area contributed by atoms with Gasteiger partial charge in [0, 0.05) is 67.4 Å². The number of hydrogen-bond acceptors (Lipinski definition) is 13. The van der Waals surface area contributed by atoms with Crippen molar-refractivity contribution in [3.8, 4) is 11.5 Å². The van der Waals surface area contributed by atoms with Crippen LogP contribution in [0.3, 0.4) is 0 Å². The topological polar surface area (TPSA) is 186 Å². The van der Waals surface area contributed by atoms with Crippen molar-refractivity contribution in [1.82, 2.24) is 15.2 Å².